The molecule has 5 heteroatoms. The molecular weight excluding hydrogens is 645 g/mol. The van der Waals surface area contributed by atoms with Gasteiger partial charge in [-0.3, -0.25) is 4.79 Å². The van der Waals surface area contributed by atoms with E-state index in [2.05, 4.69) is 97.0 Å². The lowest BCUT2D eigenvalue weighted by Crippen LogP contribution is -1.98. The molecule has 5 nitrogen and oxygen atoms in total. The van der Waals surface area contributed by atoms with Crippen LogP contribution in [0.3, 0.4) is 0 Å². The van der Waals surface area contributed by atoms with Gasteiger partial charge < -0.3 is 15.3 Å². The van der Waals surface area contributed by atoms with Crippen molar-refractivity contribution in [3.8, 4) is 67.1 Å². The number of benzene rings is 6. The standard InChI is InChI=1S/C47H44O5/c1-24-16-39(26(3)14-37(24)33-10-12-35(32(9)48)45(49)22-33)41-18-30(7)43(20-28(41)5)44-21-29(6)42(19-31(44)8)40-17-25(2)38(15-27(40)4)34-11-13-36(47(51)52)46(50)23-34/h10-23,49-50H,1-9H3,(H,51,52). The van der Waals surface area contributed by atoms with E-state index in [4.69, 9.17) is 0 Å². The Morgan fingerprint density at radius 2 is 0.635 bits per heavy atom. The Morgan fingerprint density at radius 3 is 0.885 bits per heavy atom. The highest BCUT2D eigenvalue weighted by Crippen LogP contribution is 2.41. The van der Waals surface area contributed by atoms with Gasteiger partial charge in [0.25, 0.3) is 0 Å². The molecule has 0 radical (unpaired) electrons. The monoisotopic (exact) mass is 688 g/mol. The lowest BCUT2D eigenvalue weighted by Gasteiger charge is -2.20. The molecule has 262 valence electrons. The number of phenols is 2. The summed E-state index contributed by atoms with van der Waals surface area (Å²) < 4.78 is 0. The van der Waals surface area contributed by atoms with Crippen LogP contribution in [0, 0.1) is 55.4 Å². The quantitative estimate of drug-likeness (QED) is 0.145. The molecule has 0 bridgehead atoms. The average Bonchev–Trinajstić information content (AvgIpc) is 3.08. The van der Waals surface area contributed by atoms with Gasteiger partial charge >= 0.3 is 5.97 Å². The smallest absolute Gasteiger partial charge is 0.339 e. The van der Waals surface area contributed by atoms with Gasteiger partial charge in [0.2, 0.25) is 0 Å². The van der Waals surface area contributed by atoms with Crippen LogP contribution in [0.15, 0.2) is 84.9 Å². The first-order valence-corrected chi connectivity index (χ1v) is 17.4. The summed E-state index contributed by atoms with van der Waals surface area (Å²) in [5.41, 5.74) is 20.0. The molecule has 0 saturated carbocycles. The van der Waals surface area contributed by atoms with Crippen molar-refractivity contribution in [2.45, 2.75) is 62.3 Å². The zero-order chi connectivity index (χ0) is 37.8. The predicted molar refractivity (Wildman–Crippen MR) is 212 cm³/mol. The first-order chi connectivity index (χ1) is 24.5. The van der Waals surface area contributed by atoms with Crippen molar-refractivity contribution in [2.75, 3.05) is 0 Å². The highest BCUT2D eigenvalue weighted by molar-refractivity contribution is 5.97. The van der Waals surface area contributed by atoms with Crippen LogP contribution in [0.5, 0.6) is 11.5 Å². The number of hydrogen-bond donors (Lipinski definition) is 3. The Kier molecular flexibility index (Phi) is 9.41. The fourth-order valence-corrected chi connectivity index (χ4v) is 7.50. The Morgan fingerprint density at radius 1 is 0.385 bits per heavy atom. The van der Waals surface area contributed by atoms with Crippen LogP contribution in [0.2, 0.25) is 0 Å². The van der Waals surface area contributed by atoms with Gasteiger partial charge in [0.15, 0.2) is 5.78 Å². The summed E-state index contributed by atoms with van der Waals surface area (Å²) >= 11 is 0. The first kappa shape index (κ1) is 35.9. The van der Waals surface area contributed by atoms with Crippen LogP contribution >= 0.6 is 0 Å². The molecule has 0 heterocycles. The lowest BCUT2D eigenvalue weighted by atomic mass is 9.84. The van der Waals surface area contributed by atoms with Crippen LogP contribution in [-0.4, -0.2) is 27.1 Å². The number of aromatic hydroxyl groups is 2. The van der Waals surface area contributed by atoms with Crippen LogP contribution in [0.4, 0.5) is 0 Å². The molecule has 6 aromatic rings. The number of carboxylic acids is 1. The molecule has 0 atom stereocenters. The minimum absolute atomic E-state index is 0.00108. The number of phenolic OH excluding ortho intramolecular Hbond substituents is 1. The van der Waals surface area contributed by atoms with E-state index < -0.39 is 5.97 Å². The fourth-order valence-electron chi connectivity index (χ4n) is 7.50. The average molecular weight is 689 g/mol. The molecule has 0 aliphatic heterocycles. The second-order valence-electron chi connectivity index (χ2n) is 14.3. The number of aryl methyl sites for hydroxylation is 8. The van der Waals surface area contributed by atoms with E-state index in [9.17, 15) is 24.9 Å². The van der Waals surface area contributed by atoms with E-state index in [1.54, 1.807) is 18.2 Å². The van der Waals surface area contributed by atoms with Crippen LogP contribution in [0.1, 0.15) is 72.1 Å². The summed E-state index contributed by atoms with van der Waals surface area (Å²) in [6.45, 7) is 18.4. The number of carbonyl (C=O) groups excluding carboxylic acids is 1. The molecule has 0 spiro atoms. The molecule has 52 heavy (non-hydrogen) atoms. The van der Waals surface area contributed by atoms with E-state index in [0.717, 1.165) is 50.1 Å². The van der Waals surface area contributed by atoms with Crippen molar-refractivity contribution >= 4 is 11.8 Å². The molecular formula is C47H44O5. The van der Waals surface area contributed by atoms with Gasteiger partial charge in [-0.1, -0.05) is 60.7 Å². The number of aromatic carboxylic acids is 1. The highest BCUT2D eigenvalue weighted by atomic mass is 16.4. The third-order valence-corrected chi connectivity index (χ3v) is 10.4. The van der Waals surface area contributed by atoms with E-state index in [-0.39, 0.29) is 22.8 Å². The van der Waals surface area contributed by atoms with Gasteiger partial charge in [-0.15, -0.1) is 0 Å². The number of carbonyl (C=O) groups is 2. The summed E-state index contributed by atoms with van der Waals surface area (Å²) in [5.74, 6) is -1.56. The third-order valence-electron chi connectivity index (χ3n) is 10.4. The molecule has 0 aromatic heterocycles. The highest BCUT2D eigenvalue weighted by Gasteiger charge is 2.18. The summed E-state index contributed by atoms with van der Waals surface area (Å²) in [6.07, 6.45) is 0. The summed E-state index contributed by atoms with van der Waals surface area (Å²) in [6, 6.07) is 27.8. The Bertz CT molecular complexity index is 2290. The summed E-state index contributed by atoms with van der Waals surface area (Å²) in [5, 5.41) is 30.1. The number of Topliss-reactive ketones (excluding diaryl/α,β-unsaturated/α-hetero) is 1. The third kappa shape index (κ3) is 6.51. The molecule has 0 amide bonds. The largest absolute Gasteiger partial charge is 0.507 e. The SMILES string of the molecule is CC(=O)c1ccc(-c2cc(C)c(-c3cc(C)c(-c4cc(C)c(-c5cc(C)c(-c6ccc(C(=O)O)c(O)c6)cc5C)cc4C)cc3C)cc2C)cc1O. The lowest BCUT2D eigenvalue weighted by molar-refractivity contribution is 0.0693. The number of rotatable bonds is 7. The van der Waals surface area contributed by atoms with Crippen LogP contribution < -0.4 is 0 Å². The summed E-state index contributed by atoms with van der Waals surface area (Å²) in [7, 11) is 0. The van der Waals surface area contributed by atoms with Crippen LogP contribution in [0.25, 0.3) is 55.6 Å². The molecule has 6 rings (SSSR count). The minimum atomic E-state index is -1.16. The zero-order valence-electron chi connectivity index (χ0n) is 31.2. The second-order valence-corrected chi connectivity index (χ2v) is 14.3. The molecule has 0 fully saturated rings. The number of ketones is 1. The molecule has 3 N–H and O–H groups in total. The molecule has 0 saturated heterocycles. The second kappa shape index (κ2) is 13.6. The normalized spacial score (nSPS) is 11.2. The maximum Gasteiger partial charge on any atom is 0.339 e. The molecule has 6 aromatic carbocycles. The molecule has 0 unspecified atom stereocenters. The summed E-state index contributed by atoms with van der Waals surface area (Å²) in [4.78, 5) is 23.3. The van der Waals surface area contributed by atoms with Gasteiger partial charge in [-0.25, -0.2) is 4.79 Å². The van der Waals surface area contributed by atoms with Crippen molar-refractivity contribution in [2.24, 2.45) is 0 Å². The van der Waals surface area contributed by atoms with E-state index >= 15 is 0 Å². The Labute approximate surface area is 305 Å². The fraction of sp³-hybridized carbons (Fsp3) is 0.191. The van der Waals surface area contributed by atoms with Gasteiger partial charge in [0, 0.05) is 0 Å². The van der Waals surface area contributed by atoms with Crippen molar-refractivity contribution in [1.82, 2.24) is 0 Å². The molecule has 0 aliphatic rings. The van der Waals surface area contributed by atoms with Crippen molar-refractivity contribution < 1.29 is 24.9 Å². The Balaban J connectivity index is 1.34. The number of carboxylic acid groups (broad SMARTS) is 1. The maximum atomic E-state index is 11.8. The maximum absolute atomic E-state index is 11.8. The van der Waals surface area contributed by atoms with E-state index in [1.165, 1.54) is 69.1 Å². The first-order valence-electron chi connectivity index (χ1n) is 17.4. The topological polar surface area (TPSA) is 94.8 Å². The Hall–Kier alpha value is -5.94. The molecule has 0 aliphatic carbocycles. The van der Waals surface area contributed by atoms with Crippen molar-refractivity contribution in [3.05, 3.63) is 141 Å². The number of hydrogen-bond acceptors (Lipinski definition) is 4. The van der Waals surface area contributed by atoms with Gasteiger partial charge in [0.1, 0.15) is 17.1 Å². The van der Waals surface area contributed by atoms with Crippen molar-refractivity contribution in [1.29, 1.82) is 0 Å². The minimum Gasteiger partial charge on any atom is -0.507 e. The van der Waals surface area contributed by atoms with Gasteiger partial charge in [-0.2, -0.15) is 0 Å². The van der Waals surface area contributed by atoms with E-state index in [0.29, 0.717) is 5.56 Å². The van der Waals surface area contributed by atoms with E-state index in [1.807, 2.05) is 13.0 Å². The van der Waals surface area contributed by atoms with Crippen molar-refractivity contribution in [3.63, 3.8) is 0 Å². The predicted octanol–water partition coefficient (Wildman–Crippen LogP) is 11.8. The van der Waals surface area contributed by atoms with Gasteiger partial charge in [-0.05, 0) is 187 Å². The van der Waals surface area contributed by atoms with Crippen LogP contribution in [-0.2, 0) is 0 Å². The van der Waals surface area contributed by atoms with Gasteiger partial charge in [0.05, 0.1) is 5.56 Å². The zero-order valence-corrected chi connectivity index (χ0v) is 31.2.